The fourth-order valence-corrected chi connectivity index (χ4v) is 2.58. The molecule has 1 unspecified atom stereocenters. The molecule has 0 heterocycles. The predicted octanol–water partition coefficient (Wildman–Crippen LogP) is 3.00. The van der Waals surface area contributed by atoms with Gasteiger partial charge in [0.05, 0.1) is 6.10 Å². The van der Waals surface area contributed by atoms with Gasteiger partial charge in [-0.2, -0.15) is 0 Å². The van der Waals surface area contributed by atoms with Crippen molar-refractivity contribution in [3.63, 3.8) is 0 Å². The highest BCUT2D eigenvalue weighted by molar-refractivity contribution is 5.38. The van der Waals surface area contributed by atoms with Crippen LogP contribution in [0.4, 0.5) is 0 Å². The van der Waals surface area contributed by atoms with E-state index in [-0.39, 0.29) is 0 Å². The number of rotatable bonds is 3. The second kappa shape index (κ2) is 7.33. The first-order valence-electron chi connectivity index (χ1n) is 7.29. The first-order chi connectivity index (χ1) is 9.29. The first-order valence-corrected chi connectivity index (χ1v) is 7.29. The lowest BCUT2D eigenvalue weighted by Gasteiger charge is -2.15. The van der Waals surface area contributed by atoms with Crippen LogP contribution >= 0.6 is 0 Å². The molecule has 0 bridgehead atoms. The third-order valence-electron chi connectivity index (χ3n) is 3.74. The lowest BCUT2D eigenvalue weighted by molar-refractivity contribution is 0.170. The molecular formula is C17H23NO. The van der Waals surface area contributed by atoms with E-state index in [2.05, 4.69) is 11.8 Å². The quantitative estimate of drug-likeness (QED) is 0.818. The van der Waals surface area contributed by atoms with Crippen LogP contribution in [0.1, 0.15) is 55.8 Å². The smallest absolute Gasteiger partial charge is 0.0802 e. The molecule has 1 aromatic carbocycles. The fourth-order valence-electron chi connectivity index (χ4n) is 2.58. The van der Waals surface area contributed by atoms with Crippen molar-refractivity contribution < 1.29 is 5.11 Å². The van der Waals surface area contributed by atoms with E-state index in [4.69, 9.17) is 5.73 Å². The molecule has 1 aliphatic carbocycles. The third kappa shape index (κ3) is 4.38. The molecule has 1 saturated carbocycles. The van der Waals surface area contributed by atoms with Crippen LogP contribution in [0.5, 0.6) is 0 Å². The van der Waals surface area contributed by atoms with Gasteiger partial charge in [0.15, 0.2) is 0 Å². The molecule has 3 N–H and O–H groups in total. The highest BCUT2D eigenvalue weighted by Gasteiger charge is 2.10. The van der Waals surface area contributed by atoms with Crippen molar-refractivity contribution in [3.05, 3.63) is 35.4 Å². The van der Waals surface area contributed by atoms with E-state index in [1.165, 1.54) is 32.1 Å². The Hall–Kier alpha value is -1.30. The number of benzene rings is 1. The molecule has 0 aromatic heterocycles. The SMILES string of the molecule is NCCC(O)c1cccc(C#CC2CCCCC2)c1. The van der Waals surface area contributed by atoms with Gasteiger partial charge < -0.3 is 10.8 Å². The Morgan fingerprint density at radius 2 is 2.05 bits per heavy atom. The normalized spacial score (nSPS) is 17.6. The standard InChI is InChI=1S/C17H23NO/c18-12-11-17(19)16-8-4-7-15(13-16)10-9-14-5-2-1-3-6-14/h4,7-8,13-14,17,19H,1-3,5-6,11-12,18H2. The largest absolute Gasteiger partial charge is 0.388 e. The molecule has 0 aliphatic heterocycles. The molecule has 2 heteroatoms. The van der Waals surface area contributed by atoms with Gasteiger partial charge in [0.1, 0.15) is 0 Å². The minimum Gasteiger partial charge on any atom is -0.388 e. The summed E-state index contributed by atoms with van der Waals surface area (Å²) in [6.45, 7) is 0.499. The zero-order chi connectivity index (χ0) is 13.5. The number of hydrogen-bond donors (Lipinski definition) is 2. The fraction of sp³-hybridized carbons (Fsp3) is 0.529. The van der Waals surface area contributed by atoms with Crippen LogP contribution < -0.4 is 5.73 Å². The van der Waals surface area contributed by atoms with Crippen LogP contribution in [-0.4, -0.2) is 11.7 Å². The van der Waals surface area contributed by atoms with Gasteiger partial charge in [-0.1, -0.05) is 43.2 Å². The van der Waals surface area contributed by atoms with E-state index in [9.17, 15) is 5.11 Å². The van der Waals surface area contributed by atoms with Gasteiger partial charge in [-0.15, -0.1) is 0 Å². The Balaban J connectivity index is 2.04. The minimum atomic E-state index is -0.471. The van der Waals surface area contributed by atoms with Crippen molar-refractivity contribution in [1.82, 2.24) is 0 Å². The Bertz CT molecular complexity index is 452. The zero-order valence-corrected chi connectivity index (χ0v) is 11.4. The maximum absolute atomic E-state index is 9.93. The van der Waals surface area contributed by atoms with Crippen molar-refractivity contribution in [2.45, 2.75) is 44.6 Å². The summed E-state index contributed by atoms with van der Waals surface area (Å²) in [6, 6.07) is 7.89. The summed E-state index contributed by atoms with van der Waals surface area (Å²) in [4.78, 5) is 0. The summed E-state index contributed by atoms with van der Waals surface area (Å²) in [6.07, 6.45) is 6.59. The highest BCUT2D eigenvalue weighted by atomic mass is 16.3. The molecule has 19 heavy (non-hydrogen) atoms. The van der Waals surface area contributed by atoms with Crippen molar-refractivity contribution in [1.29, 1.82) is 0 Å². The van der Waals surface area contributed by atoms with Gasteiger partial charge in [0, 0.05) is 11.5 Å². The van der Waals surface area contributed by atoms with Crippen LogP contribution in [0.3, 0.4) is 0 Å². The average molecular weight is 257 g/mol. The topological polar surface area (TPSA) is 46.2 Å². The predicted molar refractivity (Wildman–Crippen MR) is 78.5 cm³/mol. The summed E-state index contributed by atoms with van der Waals surface area (Å²) >= 11 is 0. The maximum Gasteiger partial charge on any atom is 0.0802 e. The summed E-state index contributed by atoms with van der Waals surface area (Å²) in [5.41, 5.74) is 7.39. The summed E-state index contributed by atoms with van der Waals surface area (Å²) in [5, 5.41) is 9.93. The van der Waals surface area contributed by atoms with Gasteiger partial charge >= 0.3 is 0 Å². The molecule has 1 aromatic rings. The molecule has 0 spiro atoms. The van der Waals surface area contributed by atoms with Crippen LogP contribution in [0.15, 0.2) is 24.3 Å². The Labute approximate surface area is 116 Å². The van der Waals surface area contributed by atoms with Crippen molar-refractivity contribution in [2.75, 3.05) is 6.54 Å². The monoisotopic (exact) mass is 257 g/mol. The minimum absolute atomic E-state index is 0.471. The van der Waals surface area contributed by atoms with Crippen molar-refractivity contribution in [2.24, 2.45) is 11.7 Å². The molecular weight excluding hydrogens is 234 g/mol. The van der Waals surface area contributed by atoms with E-state index in [0.717, 1.165) is 11.1 Å². The highest BCUT2D eigenvalue weighted by Crippen LogP contribution is 2.23. The van der Waals surface area contributed by atoms with E-state index < -0.39 is 6.10 Å². The molecule has 1 fully saturated rings. The maximum atomic E-state index is 9.93. The van der Waals surface area contributed by atoms with E-state index in [1.54, 1.807) is 0 Å². The third-order valence-corrected chi connectivity index (χ3v) is 3.74. The molecule has 0 saturated heterocycles. The molecule has 1 aliphatic rings. The summed E-state index contributed by atoms with van der Waals surface area (Å²) in [5.74, 6) is 7.20. The Morgan fingerprint density at radius 3 is 2.79 bits per heavy atom. The van der Waals surface area contributed by atoms with Gasteiger partial charge in [0.25, 0.3) is 0 Å². The van der Waals surface area contributed by atoms with E-state index in [1.807, 2.05) is 24.3 Å². The second-order valence-electron chi connectivity index (χ2n) is 5.32. The zero-order valence-electron chi connectivity index (χ0n) is 11.4. The number of aliphatic hydroxyl groups is 1. The molecule has 102 valence electrons. The molecule has 2 nitrogen and oxygen atoms in total. The van der Waals surface area contributed by atoms with Gasteiger partial charge in [-0.25, -0.2) is 0 Å². The van der Waals surface area contributed by atoms with Gasteiger partial charge in [-0.3, -0.25) is 0 Å². The molecule has 0 amide bonds. The van der Waals surface area contributed by atoms with E-state index in [0.29, 0.717) is 18.9 Å². The number of nitrogens with two attached hydrogens (primary N) is 1. The number of aliphatic hydroxyl groups excluding tert-OH is 1. The summed E-state index contributed by atoms with van der Waals surface area (Å²) < 4.78 is 0. The lowest BCUT2D eigenvalue weighted by Crippen LogP contribution is -2.06. The van der Waals surface area contributed by atoms with Crippen molar-refractivity contribution >= 4 is 0 Å². The summed E-state index contributed by atoms with van der Waals surface area (Å²) in [7, 11) is 0. The van der Waals surface area contributed by atoms with Crippen molar-refractivity contribution in [3.8, 4) is 11.8 Å². The number of hydrogen-bond acceptors (Lipinski definition) is 2. The Kier molecular flexibility index (Phi) is 5.44. The molecule has 0 radical (unpaired) electrons. The van der Waals surface area contributed by atoms with Gasteiger partial charge in [-0.05, 0) is 43.5 Å². The van der Waals surface area contributed by atoms with Crippen LogP contribution in [0, 0.1) is 17.8 Å². The van der Waals surface area contributed by atoms with Crippen LogP contribution in [-0.2, 0) is 0 Å². The van der Waals surface area contributed by atoms with Gasteiger partial charge in [0.2, 0.25) is 0 Å². The second-order valence-corrected chi connectivity index (χ2v) is 5.32. The van der Waals surface area contributed by atoms with E-state index >= 15 is 0 Å². The molecule has 2 rings (SSSR count). The molecule has 1 atom stereocenters. The lowest BCUT2D eigenvalue weighted by atomic mass is 9.89. The van der Waals surface area contributed by atoms with Crippen LogP contribution in [0.25, 0.3) is 0 Å². The Morgan fingerprint density at radius 1 is 1.26 bits per heavy atom. The average Bonchev–Trinajstić information content (AvgIpc) is 2.47. The van der Waals surface area contributed by atoms with Crippen LogP contribution in [0.2, 0.25) is 0 Å². The first kappa shape index (κ1) is 14.1.